The first-order chi connectivity index (χ1) is 14.5. The van der Waals surface area contributed by atoms with Gasteiger partial charge in [0.05, 0.1) is 11.1 Å². The van der Waals surface area contributed by atoms with Gasteiger partial charge in [0.15, 0.2) is 0 Å². The highest BCUT2D eigenvalue weighted by Crippen LogP contribution is 2.52. The van der Waals surface area contributed by atoms with Gasteiger partial charge >= 0.3 is 0 Å². The largest absolute Gasteiger partial charge is 0.508 e. The molecule has 0 radical (unpaired) electrons. The van der Waals surface area contributed by atoms with Gasteiger partial charge in [-0.25, -0.2) is 4.39 Å². The number of nitrogens with zero attached hydrogens (tertiary/aromatic N) is 1. The van der Waals surface area contributed by atoms with E-state index in [2.05, 4.69) is 9.88 Å². The van der Waals surface area contributed by atoms with Gasteiger partial charge in [0, 0.05) is 42.4 Å². The summed E-state index contributed by atoms with van der Waals surface area (Å²) in [4.78, 5) is 5.75. The number of likely N-dealkylation sites (tertiary alicyclic amines) is 1. The first kappa shape index (κ1) is 18.4. The van der Waals surface area contributed by atoms with Gasteiger partial charge in [0.2, 0.25) is 0 Å². The number of aliphatic hydroxyl groups is 1. The highest BCUT2D eigenvalue weighted by atomic mass is 19.1. The number of phenols is 1. The Bertz CT molecular complexity index is 1140. The SMILES string of the molecule is Oc1cccc(C23CCN(CC4CC4)CC2(O)Cc2c([nH]c4c(F)cccc24)C3)c1. The van der Waals surface area contributed by atoms with E-state index in [1.807, 2.05) is 18.2 Å². The summed E-state index contributed by atoms with van der Waals surface area (Å²) in [6.45, 7) is 2.59. The van der Waals surface area contributed by atoms with Crippen LogP contribution in [0.5, 0.6) is 5.75 Å². The first-order valence-corrected chi connectivity index (χ1v) is 11.0. The molecule has 3 aliphatic rings. The Balaban J connectivity index is 1.50. The number of halogens is 1. The van der Waals surface area contributed by atoms with Crippen LogP contribution in [0, 0.1) is 11.7 Å². The molecular weight excluding hydrogens is 379 g/mol. The molecule has 1 saturated heterocycles. The lowest BCUT2D eigenvalue weighted by Gasteiger charge is -2.56. The van der Waals surface area contributed by atoms with Crippen LogP contribution in [0.15, 0.2) is 42.5 Å². The van der Waals surface area contributed by atoms with E-state index in [9.17, 15) is 14.6 Å². The van der Waals surface area contributed by atoms with Crippen molar-refractivity contribution < 1.29 is 14.6 Å². The molecule has 2 aromatic carbocycles. The van der Waals surface area contributed by atoms with Crippen molar-refractivity contribution in [2.24, 2.45) is 5.92 Å². The number of fused-ring (bicyclic) bond motifs is 4. The molecule has 156 valence electrons. The smallest absolute Gasteiger partial charge is 0.147 e. The summed E-state index contributed by atoms with van der Waals surface area (Å²) in [6, 6.07) is 12.5. The first-order valence-electron chi connectivity index (χ1n) is 11.0. The molecule has 2 atom stereocenters. The van der Waals surface area contributed by atoms with E-state index in [1.165, 1.54) is 18.9 Å². The minimum absolute atomic E-state index is 0.220. The monoisotopic (exact) mass is 406 g/mol. The minimum atomic E-state index is -0.970. The summed E-state index contributed by atoms with van der Waals surface area (Å²) < 4.78 is 14.5. The van der Waals surface area contributed by atoms with Gasteiger partial charge in [0.25, 0.3) is 0 Å². The van der Waals surface area contributed by atoms with Crippen LogP contribution in [0.1, 0.15) is 36.1 Å². The molecule has 0 amide bonds. The minimum Gasteiger partial charge on any atom is -0.508 e. The Kier molecular flexibility index (Phi) is 3.87. The van der Waals surface area contributed by atoms with Crippen molar-refractivity contribution in [2.45, 2.75) is 43.1 Å². The molecule has 6 rings (SSSR count). The molecule has 30 heavy (non-hydrogen) atoms. The molecule has 2 fully saturated rings. The van der Waals surface area contributed by atoms with Crippen LogP contribution in [-0.2, 0) is 18.3 Å². The van der Waals surface area contributed by atoms with Gasteiger partial charge in [-0.05, 0) is 61.1 Å². The molecule has 3 aromatic rings. The number of aromatic hydroxyl groups is 1. The molecule has 0 spiro atoms. The van der Waals surface area contributed by atoms with Crippen LogP contribution >= 0.6 is 0 Å². The number of rotatable bonds is 3. The van der Waals surface area contributed by atoms with Gasteiger partial charge in [-0.15, -0.1) is 0 Å². The molecule has 5 heteroatoms. The molecule has 2 heterocycles. The fourth-order valence-electron chi connectivity index (χ4n) is 6.04. The van der Waals surface area contributed by atoms with Gasteiger partial charge in [-0.1, -0.05) is 24.3 Å². The lowest BCUT2D eigenvalue weighted by atomic mass is 9.56. The Hall–Kier alpha value is -2.37. The summed E-state index contributed by atoms with van der Waals surface area (Å²) in [5, 5.41) is 23.3. The van der Waals surface area contributed by atoms with Crippen molar-refractivity contribution in [2.75, 3.05) is 19.6 Å². The number of H-pyrrole nitrogens is 1. The molecule has 1 saturated carbocycles. The van der Waals surface area contributed by atoms with E-state index in [4.69, 9.17) is 0 Å². The highest BCUT2D eigenvalue weighted by molar-refractivity contribution is 5.86. The predicted octanol–water partition coefficient (Wildman–Crippen LogP) is 3.90. The standard InChI is InChI=1S/C25H27FN2O2/c26-21-6-2-5-19-20-12-25(30)15-28(14-16-7-8-16)10-9-24(25,13-22(20)27-23(19)21)17-3-1-4-18(29)11-17/h1-6,11,16,27,29-30H,7-10,12-15H2. The topological polar surface area (TPSA) is 59.5 Å². The van der Waals surface area contributed by atoms with Gasteiger partial charge < -0.3 is 20.1 Å². The maximum Gasteiger partial charge on any atom is 0.147 e. The molecule has 1 aromatic heterocycles. The molecular formula is C25H27FN2O2. The van der Waals surface area contributed by atoms with E-state index >= 15 is 0 Å². The van der Waals surface area contributed by atoms with E-state index in [-0.39, 0.29) is 11.6 Å². The summed E-state index contributed by atoms with van der Waals surface area (Å²) in [6.07, 6.45) is 4.50. The third kappa shape index (κ3) is 2.65. The second-order valence-corrected chi connectivity index (χ2v) is 9.69. The number of β-amino-alcohol motifs (C(OH)–C–C–N with tert-alkyl or cyclic N) is 1. The molecule has 2 aliphatic carbocycles. The molecule has 4 nitrogen and oxygen atoms in total. The fourth-order valence-corrected chi connectivity index (χ4v) is 6.04. The van der Waals surface area contributed by atoms with E-state index in [0.29, 0.717) is 24.9 Å². The van der Waals surface area contributed by atoms with Crippen LogP contribution in [0.4, 0.5) is 4.39 Å². The van der Waals surface area contributed by atoms with Crippen molar-refractivity contribution in [3.63, 3.8) is 0 Å². The van der Waals surface area contributed by atoms with Gasteiger partial charge in [-0.3, -0.25) is 0 Å². The maximum absolute atomic E-state index is 14.5. The fraction of sp³-hybridized carbons (Fsp3) is 0.440. The van der Waals surface area contributed by atoms with E-state index in [0.717, 1.165) is 47.6 Å². The zero-order valence-electron chi connectivity index (χ0n) is 17.0. The molecule has 3 N–H and O–H groups in total. The van der Waals surface area contributed by atoms with Gasteiger partial charge in [0.1, 0.15) is 11.6 Å². The number of aromatic nitrogens is 1. The van der Waals surface area contributed by atoms with Crippen LogP contribution in [0.25, 0.3) is 10.9 Å². The van der Waals surface area contributed by atoms with Crippen LogP contribution in [0.3, 0.4) is 0 Å². The zero-order valence-corrected chi connectivity index (χ0v) is 17.0. The Morgan fingerprint density at radius 1 is 1.13 bits per heavy atom. The molecule has 2 unspecified atom stereocenters. The second-order valence-electron chi connectivity index (χ2n) is 9.69. The molecule has 0 bridgehead atoms. The van der Waals surface area contributed by atoms with Crippen molar-refractivity contribution >= 4 is 10.9 Å². The Labute approximate surface area is 175 Å². The normalized spacial score (nSPS) is 29.0. The second kappa shape index (κ2) is 6.32. The Morgan fingerprint density at radius 3 is 2.77 bits per heavy atom. The highest BCUT2D eigenvalue weighted by Gasteiger charge is 2.57. The quantitative estimate of drug-likeness (QED) is 0.618. The number of nitrogens with one attached hydrogen (secondary N) is 1. The van der Waals surface area contributed by atoms with Crippen molar-refractivity contribution in [1.82, 2.24) is 9.88 Å². The summed E-state index contributed by atoms with van der Waals surface area (Å²) in [7, 11) is 0. The average molecular weight is 407 g/mol. The zero-order chi connectivity index (χ0) is 20.5. The van der Waals surface area contributed by atoms with Crippen LogP contribution in [-0.4, -0.2) is 45.3 Å². The summed E-state index contributed by atoms with van der Waals surface area (Å²) >= 11 is 0. The van der Waals surface area contributed by atoms with E-state index in [1.54, 1.807) is 18.2 Å². The number of hydrogen-bond donors (Lipinski definition) is 3. The molecule has 1 aliphatic heterocycles. The average Bonchev–Trinajstić information content (AvgIpc) is 3.46. The van der Waals surface area contributed by atoms with Gasteiger partial charge in [-0.2, -0.15) is 0 Å². The lowest BCUT2D eigenvalue weighted by molar-refractivity contribution is -0.103. The number of hydrogen-bond acceptors (Lipinski definition) is 3. The number of benzene rings is 2. The predicted molar refractivity (Wildman–Crippen MR) is 114 cm³/mol. The number of phenolic OH excluding ortho intramolecular Hbond substituents is 1. The summed E-state index contributed by atoms with van der Waals surface area (Å²) in [5.74, 6) is 0.736. The van der Waals surface area contributed by atoms with Crippen molar-refractivity contribution in [3.8, 4) is 5.75 Å². The van der Waals surface area contributed by atoms with Crippen LogP contribution < -0.4 is 0 Å². The Morgan fingerprint density at radius 2 is 1.97 bits per heavy atom. The van der Waals surface area contributed by atoms with Crippen molar-refractivity contribution in [1.29, 1.82) is 0 Å². The summed E-state index contributed by atoms with van der Waals surface area (Å²) in [5.41, 5.74) is 2.08. The third-order valence-corrected chi connectivity index (χ3v) is 7.77. The maximum atomic E-state index is 14.5. The third-order valence-electron chi connectivity index (χ3n) is 7.77. The number of aromatic amines is 1. The lowest BCUT2D eigenvalue weighted by Crippen LogP contribution is -2.66. The van der Waals surface area contributed by atoms with Crippen molar-refractivity contribution in [3.05, 3.63) is 65.1 Å². The number of piperidine rings is 1. The number of para-hydroxylation sites is 1. The van der Waals surface area contributed by atoms with E-state index < -0.39 is 11.0 Å². The van der Waals surface area contributed by atoms with Crippen LogP contribution in [0.2, 0.25) is 0 Å².